The molecule has 1 aromatic carbocycles. The number of amides is 1. The zero-order chi connectivity index (χ0) is 10.3. The van der Waals surface area contributed by atoms with Crippen LogP contribution >= 0.6 is 11.6 Å². The molecular weight excluding hydrogens is 194 g/mol. The molecule has 1 rings (SSSR count). The molecule has 0 atom stereocenters. The monoisotopic (exact) mass is 203 g/mol. The lowest BCUT2D eigenvalue weighted by Crippen LogP contribution is -2.03. The number of benzene rings is 1. The van der Waals surface area contributed by atoms with Crippen LogP contribution in [0.1, 0.15) is 5.56 Å². The van der Waals surface area contributed by atoms with Crippen molar-refractivity contribution in [1.82, 2.24) is 0 Å². The van der Waals surface area contributed by atoms with Gasteiger partial charge in [-0.15, -0.1) is 0 Å². The fourth-order valence-corrected chi connectivity index (χ4v) is 0.716. The Hall–Kier alpha value is -1.26. The van der Waals surface area contributed by atoms with E-state index in [1.54, 1.807) is 24.3 Å². The Morgan fingerprint density at radius 1 is 1.38 bits per heavy atom. The van der Waals surface area contributed by atoms with Gasteiger partial charge in [0.25, 0.3) is 0 Å². The molecule has 0 aliphatic rings. The van der Waals surface area contributed by atoms with Gasteiger partial charge in [0.15, 0.2) is 0 Å². The molecule has 0 saturated heterocycles. The minimum Gasteiger partial charge on any atom is -0.465 e. The number of nitrogens with two attached hydrogens (primary N) is 1. The average molecular weight is 204 g/mol. The van der Waals surface area contributed by atoms with Crippen molar-refractivity contribution in [1.29, 1.82) is 0 Å². The summed E-state index contributed by atoms with van der Waals surface area (Å²) in [5.41, 5.74) is 4.92. The van der Waals surface area contributed by atoms with Crippen LogP contribution in [0.15, 0.2) is 24.3 Å². The van der Waals surface area contributed by atoms with E-state index in [2.05, 4.69) is 5.73 Å². The molecule has 0 aliphatic carbocycles. The molecule has 72 valence electrons. The smallest absolute Gasteiger partial charge is 0.402 e. The van der Waals surface area contributed by atoms with Gasteiger partial charge in [0.05, 0.1) is 6.61 Å². The topological polar surface area (TPSA) is 83.6 Å². The van der Waals surface area contributed by atoms with Gasteiger partial charge >= 0.3 is 6.09 Å². The Bertz CT molecular complexity index is 257. The van der Waals surface area contributed by atoms with Crippen molar-refractivity contribution in [2.24, 2.45) is 5.73 Å². The summed E-state index contributed by atoms with van der Waals surface area (Å²) < 4.78 is 0. The molecule has 0 aromatic heterocycles. The van der Waals surface area contributed by atoms with E-state index in [0.717, 1.165) is 5.56 Å². The van der Waals surface area contributed by atoms with Gasteiger partial charge in [0.1, 0.15) is 0 Å². The highest BCUT2D eigenvalue weighted by molar-refractivity contribution is 6.30. The highest BCUT2D eigenvalue weighted by atomic mass is 35.5. The van der Waals surface area contributed by atoms with Crippen molar-refractivity contribution in [3.05, 3.63) is 34.9 Å². The first kappa shape index (κ1) is 11.7. The molecule has 0 radical (unpaired) electrons. The summed E-state index contributed by atoms with van der Waals surface area (Å²) >= 11 is 5.59. The number of aliphatic hydroxyl groups excluding tert-OH is 1. The maximum atomic E-state index is 8.78. The highest BCUT2D eigenvalue weighted by Crippen LogP contribution is 2.08. The molecule has 0 spiro atoms. The van der Waals surface area contributed by atoms with Crippen LogP contribution in [0, 0.1) is 0 Å². The summed E-state index contributed by atoms with van der Waals surface area (Å²) in [6.07, 6.45) is -1.33. The van der Waals surface area contributed by atoms with E-state index < -0.39 is 6.09 Å². The maximum Gasteiger partial charge on any atom is 0.402 e. The van der Waals surface area contributed by atoms with Crippen LogP contribution in [0.2, 0.25) is 5.02 Å². The first-order valence-corrected chi connectivity index (χ1v) is 3.77. The fraction of sp³-hybridized carbons (Fsp3) is 0.125. The Morgan fingerprint density at radius 2 is 1.77 bits per heavy atom. The molecule has 13 heavy (non-hydrogen) atoms. The number of primary amides is 1. The number of hydrogen-bond acceptors (Lipinski definition) is 2. The first-order chi connectivity index (χ1) is 6.06. The van der Waals surface area contributed by atoms with Gasteiger partial charge < -0.3 is 15.9 Å². The number of halogens is 1. The number of carbonyl (C=O) groups is 1. The molecule has 5 heteroatoms. The number of hydrogen-bond donors (Lipinski definition) is 3. The van der Waals surface area contributed by atoms with E-state index in [1.807, 2.05) is 0 Å². The molecule has 0 fully saturated rings. The lowest BCUT2D eigenvalue weighted by molar-refractivity contribution is 0.205. The zero-order valence-corrected chi connectivity index (χ0v) is 7.53. The average Bonchev–Trinajstić information content (AvgIpc) is 2.05. The second-order valence-electron chi connectivity index (χ2n) is 2.12. The van der Waals surface area contributed by atoms with E-state index in [1.165, 1.54) is 0 Å². The van der Waals surface area contributed by atoms with Crippen LogP contribution in [0.4, 0.5) is 4.79 Å². The van der Waals surface area contributed by atoms with Crippen LogP contribution in [-0.4, -0.2) is 16.3 Å². The summed E-state index contributed by atoms with van der Waals surface area (Å²) in [5.74, 6) is 0. The highest BCUT2D eigenvalue weighted by Gasteiger charge is 1.87. The number of aliphatic hydroxyl groups is 1. The Labute approximate surface area is 80.6 Å². The van der Waals surface area contributed by atoms with Crippen molar-refractivity contribution in [2.45, 2.75) is 6.61 Å². The van der Waals surface area contributed by atoms with Gasteiger partial charge in [-0.25, -0.2) is 4.79 Å². The third-order valence-corrected chi connectivity index (χ3v) is 1.35. The molecule has 4 nitrogen and oxygen atoms in total. The van der Waals surface area contributed by atoms with E-state index in [9.17, 15) is 0 Å². The summed E-state index contributed by atoms with van der Waals surface area (Å²) in [6, 6.07) is 7.10. The predicted octanol–water partition coefficient (Wildman–Crippen LogP) is 1.46. The SMILES string of the molecule is NC(=O)O.OCc1ccc(Cl)cc1. The van der Waals surface area contributed by atoms with Crippen LogP contribution in [0.5, 0.6) is 0 Å². The van der Waals surface area contributed by atoms with Crippen molar-refractivity contribution < 1.29 is 15.0 Å². The normalized spacial score (nSPS) is 8.46. The molecule has 0 bridgehead atoms. The van der Waals surface area contributed by atoms with Gasteiger partial charge in [0, 0.05) is 5.02 Å². The Balaban J connectivity index is 0.000000310. The summed E-state index contributed by atoms with van der Waals surface area (Å²) in [5, 5.41) is 16.5. The number of carboxylic acid groups (broad SMARTS) is 1. The third kappa shape index (κ3) is 7.11. The lowest BCUT2D eigenvalue weighted by Gasteiger charge is -1.92. The zero-order valence-electron chi connectivity index (χ0n) is 6.77. The summed E-state index contributed by atoms with van der Waals surface area (Å²) in [6.45, 7) is 0.0805. The first-order valence-electron chi connectivity index (χ1n) is 3.40. The minimum absolute atomic E-state index is 0.0805. The minimum atomic E-state index is -1.33. The summed E-state index contributed by atoms with van der Waals surface area (Å²) in [7, 11) is 0. The summed E-state index contributed by atoms with van der Waals surface area (Å²) in [4.78, 5) is 8.78. The van der Waals surface area contributed by atoms with Crippen LogP contribution in [-0.2, 0) is 6.61 Å². The van der Waals surface area contributed by atoms with Crippen molar-refractivity contribution in [3.8, 4) is 0 Å². The van der Waals surface area contributed by atoms with Gasteiger partial charge in [-0.05, 0) is 17.7 Å². The van der Waals surface area contributed by atoms with E-state index in [0.29, 0.717) is 5.02 Å². The van der Waals surface area contributed by atoms with Gasteiger partial charge in [-0.1, -0.05) is 23.7 Å². The Kier molecular flexibility index (Phi) is 5.67. The van der Waals surface area contributed by atoms with Gasteiger partial charge in [-0.2, -0.15) is 0 Å². The molecular formula is C8H10ClNO3. The second kappa shape index (κ2) is 6.28. The van der Waals surface area contributed by atoms with Crippen molar-refractivity contribution in [2.75, 3.05) is 0 Å². The second-order valence-corrected chi connectivity index (χ2v) is 2.56. The lowest BCUT2D eigenvalue weighted by atomic mass is 10.2. The predicted molar refractivity (Wildman–Crippen MR) is 49.6 cm³/mol. The van der Waals surface area contributed by atoms with E-state index >= 15 is 0 Å². The fourth-order valence-electron chi connectivity index (χ4n) is 0.590. The van der Waals surface area contributed by atoms with Gasteiger partial charge in [-0.3, -0.25) is 0 Å². The van der Waals surface area contributed by atoms with E-state index in [4.69, 9.17) is 26.6 Å². The van der Waals surface area contributed by atoms with Crippen molar-refractivity contribution >= 4 is 17.7 Å². The molecule has 0 unspecified atom stereocenters. The number of rotatable bonds is 1. The van der Waals surface area contributed by atoms with Crippen molar-refractivity contribution in [3.63, 3.8) is 0 Å². The molecule has 0 saturated carbocycles. The van der Waals surface area contributed by atoms with E-state index in [-0.39, 0.29) is 6.61 Å². The van der Waals surface area contributed by atoms with Crippen LogP contribution < -0.4 is 5.73 Å². The van der Waals surface area contributed by atoms with Crippen LogP contribution in [0.25, 0.3) is 0 Å². The largest absolute Gasteiger partial charge is 0.465 e. The molecule has 0 heterocycles. The van der Waals surface area contributed by atoms with Gasteiger partial charge in [0.2, 0.25) is 0 Å². The molecule has 1 aromatic rings. The quantitative estimate of drug-likeness (QED) is 0.646. The van der Waals surface area contributed by atoms with Crippen LogP contribution in [0.3, 0.4) is 0 Å². The third-order valence-electron chi connectivity index (χ3n) is 1.10. The standard InChI is InChI=1S/C7H7ClO.CH3NO2/c8-7-3-1-6(5-9)2-4-7;2-1(3)4/h1-4,9H,5H2;2H2,(H,3,4). The molecule has 0 aliphatic heterocycles. The maximum absolute atomic E-state index is 8.78. The Morgan fingerprint density at radius 3 is 2.08 bits per heavy atom. The molecule has 1 amide bonds. The molecule has 4 N–H and O–H groups in total.